The molecule has 0 spiro atoms. The number of rotatable bonds is 7. The number of aryl methyl sites for hydroxylation is 1. The molecule has 2 aromatic carbocycles. The van der Waals surface area contributed by atoms with E-state index >= 15 is 0 Å². The Morgan fingerprint density at radius 2 is 1.87 bits per heavy atom. The lowest BCUT2D eigenvalue weighted by Gasteiger charge is -2.19. The van der Waals surface area contributed by atoms with Gasteiger partial charge in [-0.3, -0.25) is 9.52 Å². The summed E-state index contributed by atoms with van der Waals surface area (Å²) in [6, 6.07) is 6.64. The molecular weight excluding hydrogens is 425 g/mol. The Morgan fingerprint density at radius 1 is 1.10 bits per heavy atom. The lowest BCUT2D eigenvalue weighted by atomic mass is 10.0. The minimum absolute atomic E-state index is 0.0230. The number of carbonyl (C=O) groups excluding carboxylic acids is 1. The normalized spacial score (nSPS) is 14.1. The lowest BCUT2D eigenvalue weighted by Crippen LogP contribution is -2.20. The number of nitrogens with one attached hydrogen (secondary N) is 2. The summed E-state index contributed by atoms with van der Waals surface area (Å²) in [5, 5.41) is 2.64. The van der Waals surface area contributed by atoms with Gasteiger partial charge in [0.15, 0.2) is 0 Å². The first kappa shape index (κ1) is 21.9. The van der Waals surface area contributed by atoms with Crippen LogP contribution >= 0.6 is 0 Å². The molecule has 11 heteroatoms. The molecule has 1 amide bonds. The molecular formula is C19H19F3N2O5S. The van der Waals surface area contributed by atoms with Crippen molar-refractivity contribution in [2.45, 2.75) is 23.9 Å². The van der Waals surface area contributed by atoms with Gasteiger partial charge in [-0.1, -0.05) is 0 Å². The summed E-state index contributed by atoms with van der Waals surface area (Å²) in [6.45, 7) is 0.193. The number of hydrogen-bond acceptors (Lipinski definition) is 5. The van der Waals surface area contributed by atoms with Gasteiger partial charge in [-0.15, -0.1) is 0 Å². The minimum Gasteiger partial charge on any atom is -0.489 e. The fourth-order valence-corrected chi connectivity index (χ4v) is 3.99. The second-order valence-electron chi connectivity index (χ2n) is 6.52. The van der Waals surface area contributed by atoms with E-state index in [1.54, 1.807) is 0 Å². The quantitative estimate of drug-likeness (QED) is 0.639. The summed E-state index contributed by atoms with van der Waals surface area (Å²) in [7, 11) is -2.79. The monoisotopic (exact) mass is 444 g/mol. The Bertz CT molecular complexity index is 1050. The third-order valence-corrected chi connectivity index (χ3v) is 5.74. The SMILES string of the molecule is COCCOc1ccc(C(F)(F)F)cc1NS(=O)(=O)c1ccc2c(c1)CCC(=O)N2. The van der Waals surface area contributed by atoms with Gasteiger partial charge in [0.2, 0.25) is 5.91 Å². The third kappa shape index (κ3) is 5.03. The molecule has 2 aromatic rings. The number of amides is 1. The standard InChI is InChI=1S/C19H19F3N2O5S/c1-28-8-9-29-17-6-3-13(19(20,21)22)11-16(17)24-30(26,27)14-4-5-15-12(10-14)2-7-18(25)23-15/h3-6,10-11,24H,2,7-9H2,1H3,(H,23,25). The van der Waals surface area contributed by atoms with Crippen LogP contribution in [-0.2, 0) is 32.2 Å². The Kier molecular flexibility index (Phi) is 6.22. The highest BCUT2D eigenvalue weighted by molar-refractivity contribution is 7.92. The highest BCUT2D eigenvalue weighted by Crippen LogP contribution is 2.36. The van der Waals surface area contributed by atoms with E-state index in [-0.39, 0.29) is 41.9 Å². The second-order valence-corrected chi connectivity index (χ2v) is 8.20. The van der Waals surface area contributed by atoms with Crippen LogP contribution in [0.1, 0.15) is 17.5 Å². The summed E-state index contributed by atoms with van der Waals surface area (Å²) < 4.78 is 77.4. The van der Waals surface area contributed by atoms with E-state index in [4.69, 9.17) is 9.47 Å². The van der Waals surface area contributed by atoms with Gasteiger partial charge < -0.3 is 14.8 Å². The topological polar surface area (TPSA) is 93.7 Å². The van der Waals surface area contributed by atoms with Crippen molar-refractivity contribution in [2.24, 2.45) is 0 Å². The van der Waals surface area contributed by atoms with Gasteiger partial charge in [0.1, 0.15) is 12.4 Å². The van der Waals surface area contributed by atoms with Crippen LogP contribution in [0.4, 0.5) is 24.5 Å². The van der Waals surface area contributed by atoms with Crippen molar-refractivity contribution in [3.8, 4) is 5.75 Å². The molecule has 0 saturated carbocycles. The van der Waals surface area contributed by atoms with Crippen molar-refractivity contribution >= 4 is 27.3 Å². The number of methoxy groups -OCH3 is 1. The van der Waals surface area contributed by atoms with Crippen molar-refractivity contribution in [1.29, 1.82) is 0 Å². The van der Waals surface area contributed by atoms with Gasteiger partial charge in [-0.2, -0.15) is 13.2 Å². The largest absolute Gasteiger partial charge is 0.489 e. The molecule has 7 nitrogen and oxygen atoms in total. The van der Waals surface area contributed by atoms with Gasteiger partial charge in [0.25, 0.3) is 10.0 Å². The van der Waals surface area contributed by atoms with Crippen LogP contribution in [-0.4, -0.2) is 34.6 Å². The molecule has 0 radical (unpaired) electrons. The first-order valence-corrected chi connectivity index (χ1v) is 10.4. The predicted molar refractivity (Wildman–Crippen MR) is 103 cm³/mol. The third-order valence-electron chi connectivity index (χ3n) is 4.38. The number of sulfonamides is 1. The van der Waals surface area contributed by atoms with Crippen LogP contribution in [0.15, 0.2) is 41.3 Å². The molecule has 1 aliphatic rings. The summed E-state index contributed by atoms with van der Waals surface area (Å²) in [4.78, 5) is 11.3. The van der Waals surface area contributed by atoms with E-state index in [0.717, 1.165) is 12.1 Å². The first-order valence-electron chi connectivity index (χ1n) is 8.89. The van der Waals surface area contributed by atoms with Crippen molar-refractivity contribution in [1.82, 2.24) is 0 Å². The van der Waals surface area contributed by atoms with Crippen LogP contribution in [0.3, 0.4) is 0 Å². The van der Waals surface area contributed by atoms with E-state index in [0.29, 0.717) is 23.7 Å². The molecule has 0 saturated heterocycles. The zero-order valence-electron chi connectivity index (χ0n) is 15.9. The molecule has 0 aliphatic carbocycles. The number of benzene rings is 2. The van der Waals surface area contributed by atoms with Crippen molar-refractivity contribution in [3.05, 3.63) is 47.5 Å². The molecule has 3 rings (SSSR count). The van der Waals surface area contributed by atoms with Gasteiger partial charge >= 0.3 is 6.18 Å². The van der Waals surface area contributed by atoms with Crippen molar-refractivity contribution in [3.63, 3.8) is 0 Å². The van der Waals surface area contributed by atoms with Crippen LogP contribution < -0.4 is 14.8 Å². The number of fused-ring (bicyclic) bond motifs is 1. The van der Waals surface area contributed by atoms with E-state index in [9.17, 15) is 26.4 Å². The molecule has 30 heavy (non-hydrogen) atoms. The smallest absolute Gasteiger partial charge is 0.416 e. The maximum absolute atomic E-state index is 13.1. The summed E-state index contributed by atoms with van der Waals surface area (Å²) >= 11 is 0. The van der Waals surface area contributed by atoms with E-state index in [2.05, 4.69) is 10.0 Å². The maximum Gasteiger partial charge on any atom is 0.416 e. The molecule has 1 aliphatic heterocycles. The van der Waals surface area contributed by atoms with Gasteiger partial charge in [-0.05, 0) is 48.4 Å². The van der Waals surface area contributed by atoms with Crippen LogP contribution in [0, 0.1) is 0 Å². The Morgan fingerprint density at radius 3 is 2.57 bits per heavy atom. The van der Waals surface area contributed by atoms with Gasteiger partial charge in [-0.25, -0.2) is 8.42 Å². The summed E-state index contributed by atoms with van der Waals surface area (Å²) in [5.74, 6) is -0.230. The van der Waals surface area contributed by atoms with E-state index < -0.39 is 21.8 Å². The molecule has 0 fully saturated rings. The minimum atomic E-state index is -4.66. The maximum atomic E-state index is 13.1. The fraction of sp³-hybridized carbons (Fsp3) is 0.316. The lowest BCUT2D eigenvalue weighted by molar-refractivity contribution is -0.137. The van der Waals surface area contributed by atoms with Gasteiger partial charge in [0, 0.05) is 19.2 Å². The zero-order chi connectivity index (χ0) is 21.9. The van der Waals surface area contributed by atoms with Crippen LogP contribution in [0.5, 0.6) is 5.75 Å². The number of ether oxygens (including phenoxy) is 2. The molecule has 0 atom stereocenters. The molecule has 2 N–H and O–H groups in total. The highest BCUT2D eigenvalue weighted by Gasteiger charge is 2.32. The average Bonchev–Trinajstić information content (AvgIpc) is 2.67. The number of alkyl halides is 3. The molecule has 162 valence electrons. The van der Waals surface area contributed by atoms with Crippen molar-refractivity contribution < 1.29 is 35.9 Å². The number of hydrogen-bond donors (Lipinski definition) is 2. The van der Waals surface area contributed by atoms with E-state index in [1.165, 1.54) is 25.3 Å². The summed E-state index contributed by atoms with van der Waals surface area (Å²) in [6.07, 6.45) is -4.08. The fourth-order valence-electron chi connectivity index (χ4n) is 2.88. The molecule has 1 heterocycles. The predicted octanol–water partition coefficient (Wildman–Crippen LogP) is 3.42. The van der Waals surface area contributed by atoms with E-state index in [1.807, 2.05) is 0 Å². The Balaban J connectivity index is 1.93. The zero-order valence-corrected chi connectivity index (χ0v) is 16.7. The molecule has 0 unspecified atom stereocenters. The van der Waals surface area contributed by atoms with Gasteiger partial charge in [0.05, 0.1) is 22.8 Å². The average molecular weight is 444 g/mol. The second kappa shape index (κ2) is 8.52. The summed E-state index contributed by atoms with van der Waals surface area (Å²) in [5.41, 5.74) is -0.231. The number of carbonyl (C=O) groups is 1. The highest BCUT2D eigenvalue weighted by atomic mass is 32.2. The van der Waals surface area contributed by atoms with Crippen molar-refractivity contribution in [2.75, 3.05) is 30.4 Å². The Labute approximate surface area is 171 Å². The first-order chi connectivity index (χ1) is 14.1. The number of anilines is 2. The number of halogens is 3. The van der Waals surface area contributed by atoms with Crippen LogP contribution in [0.25, 0.3) is 0 Å². The molecule has 0 bridgehead atoms. The van der Waals surface area contributed by atoms with Crippen LogP contribution in [0.2, 0.25) is 0 Å². The molecule has 0 aromatic heterocycles. The Hall–Kier alpha value is -2.79.